The maximum absolute atomic E-state index is 5.57. The van der Waals surface area contributed by atoms with Crippen molar-refractivity contribution in [2.75, 3.05) is 0 Å². The van der Waals surface area contributed by atoms with E-state index >= 15 is 0 Å². The van der Waals surface area contributed by atoms with Gasteiger partial charge >= 0.3 is 0 Å². The Morgan fingerprint density at radius 3 is 2.67 bits per heavy atom. The minimum Gasteiger partial charge on any atom is -0.271 e. The van der Waals surface area contributed by atoms with Gasteiger partial charge in [0.05, 0.1) is 11.7 Å². The largest absolute Gasteiger partial charge is 0.271 e. The summed E-state index contributed by atoms with van der Waals surface area (Å²) in [6.07, 6.45) is 2.84. The molecule has 1 rings (SSSR count). The number of nitrogens with zero attached hydrogens (tertiary/aromatic N) is 1. The van der Waals surface area contributed by atoms with Gasteiger partial charge in [0.1, 0.15) is 0 Å². The topological polar surface area (TPSA) is 50.9 Å². The minimum atomic E-state index is 0.0810. The molecule has 2 unspecified atom stereocenters. The Bertz CT molecular complexity index is 330. The zero-order valence-electron chi connectivity index (χ0n) is 8.80. The first kappa shape index (κ1) is 13.1. The lowest BCUT2D eigenvalue weighted by molar-refractivity contribution is 0.374. The van der Waals surface area contributed by atoms with Crippen LogP contribution in [0.2, 0.25) is 0 Å². The van der Waals surface area contributed by atoms with Crippen LogP contribution in [0, 0.1) is 5.92 Å². The van der Waals surface area contributed by atoms with Crippen LogP contribution in [-0.2, 0) is 0 Å². The fraction of sp³-hybridized carbons (Fsp3) is 0.500. The number of hydrogen-bond donors (Lipinski definition) is 2. The molecule has 5 heteroatoms. The second-order valence-corrected chi connectivity index (χ2v) is 5.32. The molecule has 15 heavy (non-hydrogen) atoms. The first-order valence-corrected chi connectivity index (χ1v) is 6.45. The van der Waals surface area contributed by atoms with Crippen molar-refractivity contribution in [1.29, 1.82) is 0 Å². The van der Waals surface area contributed by atoms with Gasteiger partial charge in [0, 0.05) is 15.1 Å². The molecule has 0 saturated heterocycles. The van der Waals surface area contributed by atoms with E-state index in [9.17, 15) is 0 Å². The highest BCUT2D eigenvalue weighted by Crippen LogP contribution is 2.29. The third kappa shape index (κ3) is 3.24. The van der Waals surface area contributed by atoms with Crippen LogP contribution < -0.4 is 11.3 Å². The van der Waals surface area contributed by atoms with Gasteiger partial charge in [-0.05, 0) is 43.8 Å². The summed E-state index contributed by atoms with van der Waals surface area (Å²) in [5, 5.41) is 0. The Morgan fingerprint density at radius 1 is 1.53 bits per heavy atom. The minimum absolute atomic E-state index is 0.0810. The van der Waals surface area contributed by atoms with Crippen LogP contribution in [-0.4, -0.2) is 4.98 Å². The molecule has 84 valence electrons. The average Bonchev–Trinajstić information content (AvgIpc) is 2.21. The Kier molecular flexibility index (Phi) is 5.18. The molecule has 0 amide bonds. The van der Waals surface area contributed by atoms with Gasteiger partial charge in [0.2, 0.25) is 0 Å². The number of nitrogens with one attached hydrogen (secondary N) is 1. The quantitative estimate of drug-likeness (QED) is 0.656. The van der Waals surface area contributed by atoms with Crippen LogP contribution in [0.1, 0.15) is 32.0 Å². The molecule has 0 aliphatic heterocycles. The highest BCUT2D eigenvalue weighted by atomic mass is 79.9. The summed E-state index contributed by atoms with van der Waals surface area (Å²) >= 11 is 6.88. The maximum Gasteiger partial charge on any atom is 0.0731 e. The van der Waals surface area contributed by atoms with Gasteiger partial charge in [-0.1, -0.05) is 20.3 Å². The average molecular weight is 337 g/mol. The standard InChI is InChI=1S/C10H15Br2N3/c1-3-6(2)9(15-13)10-8(12)4-7(11)5-14-10/h4-6,9,15H,3,13H2,1-2H3. The molecule has 1 aromatic rings. The highest BCUT2D eigenvalue weighted by Gasteiger charge is 2.20. The number of pyridine rings is 1. The normalized spacial score (nSPS) is 15.0. The molecular formula is C10H15Br2N3. The first-order chi connectivity index (χ1) is 7.10. The van der Waals surface area contributed by atoms with Crippen LogP contribution in [0.25, 0.3) is 0 Å². The van der Waals surface area contributed by atoms with E-state index in [0.29, 0.717) is 5.92 Å². The molecule has 0 radical (unpaired) electrons. The van der Waals surface area contributed by atoms with E-state index in [1.54, 1.807) is 6.20 Å². The van der Waals surface area contributed by atoms with Gasteiger partial charge in [0.15, 0.2) is 0 Å². The Morgan fingerprint density at radius 2 is 2.20 bits per heavy atom. The van der Waals surface area contributed by atoms with Crippen LogP contribution in [0.3, 0.4) is 0 Å². The van der Waals surface area contributed by atoms with E-state index in [2.05, 4.69) is 56.1 Å². The van der Waals surface area contributed by atoms with Crippen molar-refractivity contribution in [1.82, 2.24) is 10.4 Å². The molecule has 0 fully saturated rings. The highest BCUT2D eigenvalue weighted by molar-refractivity contribution is 9.11. The lowest BCUT2D eigenvalue weighted by Gasteiger charge is -2.22. The van der Waals surface area contributed by atoms with Gasteiger partial charge in [0.25, 0.3) is 0 Å². The molecule has 1 heterocycles. The van der Waals surface area contributed by atoms with Crippen LogP contribution in [0.15, 0.2) is 21.2 Å². The molecule has 2 atom stereocenters. The van der Waals surface area contributed by atoms with Crippen LogP contribution in [0.4, 0.5) is 0 Å². The van der Waals surface area contributed by atoms with Gasteiger partial charge in [-0.3, -0.25) is 16.3 Å². The molecule has 0 saturated carbocycles. The van der Waals surface area contributed by atoms with E-state index in [-0.39, 0.29) is 6.04 Å². The molecule has 0 aliphatic carbocycles. The summed E-state index contributed by atoms with van der Waals surface area (Å²) < 4.78 is 1.93. The van der Waals surface area contributed by atoms with Crippen LogP contribution >= 0.6 is 31.9 Å². The number of nitrogens with two attached hydrogens (primary N) is 1. The predicted molar refractivity (Wildman–Crippen MR) is 69.2 cm³/mol. The van der Waals surface area contributed by atoms with Crippen molar-refractivity contribution in [3.8, 4) is 0 Å². The predicted octanol–water partition coefficient (Wildman–Crippen LogP) is 3.16. The Balaban J connectivity index is 3.01. The second kappa shape index (κ2) is 5.94. The van der Waals surface area contributed by atoms with Crippen molar-refractivity contribution in [2.45, 2.75) is 26.3 Å². The van der Waals surface area contributed by atoms with Gasteiger partial charge < -0.3 is 0 Å². The zero-order valence-corrected chi connectivity index (χ0v) is 12.0. The summed E-state index contributed by atoms with van der Waals surface area (Å²) in [5.41, 5.74) is 3.78. The van der Waals surface area contributed by atoms with Gasteiger partial charge in [-0.15, -0.1) is 0 Å². The first-order valence-electron chi connectivity index (χ1n) is 4.87. The number of hydrazine groups is 1. The summed E-state index contributed by atoms with van der Waals surface area (Å²) in [4.78, 5) is 4.38. The lowest BCUT2D eigenvalue weighted by Crippen LogP contribution is -2.33. The molecule has 0 bridgehead atoms. The van der Waals surface area contributed by atoms with E-state index in [0.717, 1.165) is 21.1 Å². The Hall–Kier alpha value is 0.0300. The maximum atomic E-state index is 5.57. The zero-order chi connectivity index (χ0) is 11.4. The van der Waals surface area contributed by atoms with E-state index in [4.69, 9.17) is 5.84 Å². The van der Waals surface area contributed by atoms with Crippen molar-refractivity contribution in [2.24, 2.45) is 11.8 Å². The smallest absolute Gasteiger partial charge is 0.0731 e. The van der Waals surface area contributed by atoms with Crippen molar-refractivity contribution < 1.29 is 0 Å². The fourth-order valence-electron chi connectivity index (χ4n) is 1.40. The monoisotopic (exact) mass is 335 g/mol. The lowest BCUT2D eigenvalue weighted by atomic mass is 9.96. The second-order valence-electron chi connectivity index (χ2n) is 3.55. The van der Waals surface area contributed by atoms with Crippen LogP contribution in [0.5, 0.6) is 0 Å². The van der Waals surface area contributed by atoms with E-state index < -0.39 is 0 Å². The number of rotatable bonds is 4. The van der Waals surface area contributed by atoms with Gasteiger partial charge in [-0.2, -0.15) is 0 Å². The third-order valence-corrected chi connectivity index (χ3v) is 3.59. The van der Waals surface area contributed by atoms with Crippen molar-refractivity contribution in [3.05, 3.63) is 26.9 Å². The summed E-state index contributed by atoms with van der Waals surface area (Å²) in [6, 6.07) is 2.06. The number of aromatic nitrogens is 1. The molecule has 0 aromatic carbocycles. The van der Waals surface area contributed by atoms with E-state index in [1.165, 1.54) is 0 Å². The van der Waals surface area contributed by atoms with Crippen molar-refractivity contribution in [3.63, 3.8) is 0 Å². The number of hydrogen-bond acceptors (Lipinski definition) is 3. The molecule has 3 nitrogen and oxygen atoms in total. The molecule has 3 N–H and O–H groups in total. The molecular weight excluding hydrogens is 322 g/mol. The summed E-state index contributed by atoms with van der Waals surface area (Å²) in [6.45, 7) is 4.29. The summed E-state index contributed by atoms with van der Waals surface area (Å²) in [7, 11) is 0. The number of halogens is 2. The third-order valence-electron chi connectivity index (χ3n) is 2.52. The fourth-order valence-corrected chi connectivity index (χ4v) is 2.64. The van der Waals surface area contributed by atoms with Crippen molar-refractivity contribution >= 4 is 31.9 Å². The van der Waals surface area contributed by atoms with Gasteiger partial charge in [-0.25, -0.2) is 0 Å². The molecule has 0 aliphatic rings. The summed E-state index contributed by atoms with van der Waals surface area (Å²) in [5.74, 6) is 6.01. The van der Waals surface area contributed by atoms with E-state index in [1.807, 2.05) is 6.07 Å². The molecule has 0 spiro atoms. The SMILES string of the molecule is CCC(C)C(NN)c1ncc(Br)cc1Br. The Labute approximate surface area is 107 Å². The molecule has 1 aromatic heterocycles.